The van der Waals surface area contributed by atoms with Crippen molar-refractivity contribution in [3.05, 3.63) is 53.1 Å². The van der Waals surface area contributed by atoms with Gasteiger partial charge in [-0.15, -0.1) is 0 Å². The van der Waals surface area contributed by atoms with Gasteiger partial charge in [0.25, 0.3) is 0 Å². The Kier molecular flexibility index (Phi) is 4.07. The number of hydrogen-bond donors (Lipinski definition) is 1. The van der Waals surface area contributed by atoms with Crippen LogP contribution >= 0.6 is 11.6 Å². The van der Waals surface area contributed by atoms with Crippen LogP contribution in [0.1, 0.15) is 5.56 Å². The van der Waals surface area contributed by atoms with Gasteiger partial charge in [0.2, 0.25) is 0 Å². The Labute approximate surface area is 111 Å². The van der Waals surface area contributed by atoms with Crippen molar-refractivity contribution in [3.63, 3.8) is 0 Å². The van der Waals surface area contributed by atoms with Crippen LogP contribution in [0.5, 0.6) is 17.2 Å². The third-order valence-electron chi connectivity index (χ3n) is 2.43. The molecule has 0 aromatic heterocycles. The largest absolute Gasteiger partial charge is 0.493 e. The van der Waals surface area contributed by atoms with Gasteiger partial charge in [0.15, 0.2) is 11.5 Å². The fourth-order valence-electron chi connectivity index (χ4n) is 1.56. The second kappa shape index (κ2) is 5.76. The van der Waals surface area contributed by atoms with Crippen LogP contribution < -0.4 is 9.47 Å². The second-order valence-electron chi connectivity index (χ2n) is 3.70. The molecular formula is C14H13ClO3. The van der Waals surface area contributed by atoms with Gasteiger partial charge in [0.1, 0.15) is 5.75 Å². The molecule has 0 saturated heterocycles. The first-order valence-corrected chi connectivity index (χ1v) is 5.82. The van der Waals surface area contributed by atoms with Crippen molar-refractivity contribution in [2.24, 2.45) is 0 Å². The molecule has 0 atom stereocenters. The van der Waals surface area contributed by atoms with E-state index in [-0.39, 0.29) is 6.61 Å². The maximum Gasteiger partial charge on any atom is 0.169 e. The monoisotopic (exact) mass is 264 g/mol. The van der Waals surface area contributed by atoms with Crippen molar-refractivity contribution in [1.82, 2.24) is 0 Å². The Morgan fingerprint density at radius 3 is 2.61 bits per heavy atom. The summed E-state index contributed by atoms with van der Waals surface area (Å²) in [6.07, 6.45) is 0. The van der Waals surface area contributed by atoms with Crippen LogP contribution in [-0.4, -0.2) is 12.2 Å². The van der Waals surface area contributed by atoms with E-state index in [0.29, 0.717) is 22.3 Å². The molecule has 3 nitrogen and oxygen atoms in total. The van der Waals surface area contributed by atoms with Gasteiger partial charge in [0.05, 0.1) is 13.7 Å². The lowest BCUT2D eigenvalue weighted by molar-refractivity contribution is 0.280. The number of ether oxygens (including phenoxy) is 2. The van der Waals surface area contributed by atoms with Crippen molar-refractivity contribution in [2.45, 2.75) is 6.61 Å². The van der Waals surface area contributed by atoms with Crippen molar-refractivity contribution < 1.29 is 14.6 Å². The number of aliphatic hydroxyl groups excluding tert-OH is 1. The van der Waals surface area contributed by atoms with Crippen molar-refractivity contribution in [2.75, 3.05) is 7.11 Å². The third kappa shape index (κ3) is 2.94. The summed E-state index contributed by atoms with van der Waals surface area (Å²) in [5.74, 6) is 1.77. The molecular weight excluding hydrogens is 252 g/mol. The first-order valence-electron chi connectivity index (χ1n) is 5.44. The molecule has 0 amide bonds. The molecule has 0 saturated carbocycles. The van der Waals surface area contributed by atoms with Crippen LogP contribution in [0.15, 0.2) is 42.5 Å². The number of halogens is 1. The molecule has 0 aliphatic rings. The zero-order valence-electron chi connectivity index (χ0n) is 9.89. The molecule has 0 radical (unpaired) electrons. The predicted octanol–water partition coefficient (Wildman–Crippen LogP) is 3.63. The van der Waals surface area contributed by atoms with E-state index < -0.39 is 0 Å². The summed E-state index contributed by atoms with van der Waals surface area (Å²) in [7, 11) is 1.57. The first-order chi connectivity index (χ1) is 8.72. The van der Waals surface area contributed by atoms with Gasteiger partial charge in [0, 0.05) is 5.02 Å². The minimum Gasteiger partial charge on any atom is -0.493 e. The van der Waals surface area contributed by atoms with Crippen LogP contribution in [0.2, 0.25) is 5.02 Å². The van der Waals surface area contributed by atoms with Crippen LogP contribution in [0, 0.1) is 0 Å². The second-order valence-corrected chi connectivity index (χ2v) is 4.14. The molecule has 2 aromatic carbocycles. The molecule has 0 bridgehead atoms. The van der Waals surface area contributed by atoms with Crippen molar-refractivity contribution in [3.8, 4) is 17.2 Å². The SMILES string of the molecule is COc1ccc(CO)cc1Oc1cccc(Cl)c1. The van der Waals surface area contributed by atoms with E-state index >= 15 is 0 Å². The number of rotatable bonds is 4. The highest BCUT2D eigenvalue weighted by atomic mass is 35.5. The lowest BCUT2D eigenvalue weighted by Crippen LogP contribution is -1.92. The highest BCUT2D eigenvalue weighted by Gasteiger charge is 2.07. The van der Waals surface area contributed by atoms with E-state index in [9.17, 15) is 0 Å². The van der Waals surface area contributed by atoms with E-state index in [4.69, 9.17) is 26.2 Å². The normalized spacial score (nSPS) is 10.2. The van der Waals surface area contributed by atoms with Gasteiger partial charge in [-0.1, -0.05) is 23.7 Å². The molecule has 1 N–H and O–H groups in total. The third-order valence-corrected chi connectivity index (χ3v) is 2.67. The molecule has 0 unspecified atom stereocenters. The van der Waals surface area contributed by atoms with E-state index in [0.717, 1.165) is 5.56 Å². The van der Waals surface area contributed by atoms with Crippen molar-refractivity contribution in [1.29, 1.82) is 0 Å². The maximum atomic E-state index is 9.12. The molecule has 0 aliphatic heterocycles. The Balaban J connectivity index is 2.32. The van der Waals surface area contributed by atoms with Gasteiger partial charge in [-0.05, 0) is 35.9 Å². The van der Waals surface area contributed by atoms with Gasteiger partial charge >= 0.3 is 0 Å². The lowest BCUT2D eigenvalue weighted by Gasteiger charge is -2.11. The molecule has 2 aromatic rings. The molecule has 0 spiro atoms. The van der Waals surface area contributed by atoms with Crippen LogP contribution in [0.25, 0.3) is 0 Å². The molecule has 0 fully saturated rings. The Bertz CT molecular complexity index is 540. The Morgan fingerprint density at radius 1 is 1.11 bits per heavy atom. The minimum absolute atomic E-state index is 0.0457. The fraction of sp³-hybridized carbons (Fsp3) is 0.143. The van der Waals surface area contributed by atoms with Crippen LogP contribution in [0.4, 0.5) is 0 Å². The minimum atomic E-state index is -0.0457. The van der Waals surface area contributed by atoms with E-state index in [2.05, 4.69) is 0 Å². The van der Waals surface area contributed by atoms with E-state index in [1.54, 1.807) is 49.6 Å². The summed E-state index contributed by atoms with van der Waals surface area (Å²) in [6.45, 7) is -0.0457. The summed E-state index contributed by atoms with van der Waals surface area (Å²) in [4.78, 5) is 0. The average molecular weight is 265 g/mol. The van der Waals surface area contributed by atoms with Gasteiger partial charge in [-0.25, -0.2) is 0 Å². The number of hydrogen-bond acceptors (Lipinski definition) is 3. The molecule has 0 aliphatic carbocycles. The van der Waals surface area contributed by atoms with E-state index in [1.165, 1.54) is 0 Å². The summed E-state index contributed by atoms with van der Waals surface area (Å²) in [5, 5.41) is 9.72. The first kappa shape index (κ1) is 12.7. The summed E-state index contributed by atoms with van der Waals surface area (Å²) >= 11 is 5.89. The Hall–Kier alpha value is -1.71. The summed E-state index contributed by atoms with van der Waals surface area (Å²) in [5.41, 5.74) is 0.757. The van der Waals surface area contributed by atoms with Crippen LogP contribution in [0.3, 0.4) is 0 Å². The lowest BCUT2D eigenvalue weighted by atomic mass is 10.2. The zero-order valence-corrected chi connectivity index (χ0v) is 10.6. The van der Waals surface area contributed by atoms with Gasteiger partial charge in [-0.2, -0.15) is 0 Å². The number of benzene rings is 2. The van der Waals surface area contributed by atoms with Crippen LogP contribution in [-0.2, 0) is 6.61 Å². The molecule has 2 rings (SSSR count). The van der Waals surface area contributed by atoms with Crippen molar-refractivity contribution >= 4 is 11.6 Å². The smallest absolute Gasteiger partial charge is 0.169 e. The topological polar surface area (TPSA) is 38.7 Å². The predicted molar refractivity (Wildman–Crippen MR) is 70.4 cm³/mol. The number of aliphatic hydroxyl groups is 1. The average Bonchev–Trinajstić information content (AvgIpc) is 2.38. The quantitative estimate of drug-likeness (QED) is 0.916. The Morgan fingerprint density at radius 2 is 1.94 bits per heavy atom. The molecule has 0 heterocycles. The zero-order chi connectivity index (χ0) is 13.0. The van der Waals surface area contributed by atoms with E-state index in [1.807, 2.05) is 0 Å². The highest BCUT2D eigenvalue weighted by Crippen LogP contribution is 2.33. The maximum absolute atomic E-state index is 9.12. The molecule has 18 heavy (non-hydrogen) atoms. The standard InChI is InChI=1S/C14H13ClO3/c1-17-13-6-5-10(9-16)7-14(13)18-12-4-2-3-11(15)8-12/h2-8,16H,9H2,1H3. The summed E-state index contributed by atoms with van der Waals surface area (Å²) < 4.78 is 10.9. The fourth-order valence-corrected chi connectivity index (χ4v) is 1.74. The van der Waals surface area contributed by atoms with Gasteiger partial charge < -0.3 is 14.6 Å². The molecule has 4 heteroatoms. The molecule has 94 valence electrons. The number of methoxy groups -OCH3 is 1. The summed E-state index contributed by atoms with van der Waals surface area (Å²) in [6, 6.07) is 12.4. The van der Waals surface area contributed by atoms with Gasteiger partial charge in [-0.3, -0.25) is 0 Å². The highest BCUT2D eigenvalue weighted by molar-refractivity contribution is 6.30.